The summed E-state index contributed by atoms with van der Waals surface area (Å²) in [5, 5.41) is 14.4. The molecule has 16 heavy (non-hydrogen) atoms. The van der Waals surface area contributed by atoms with E-state index in [9.17, 15) is 22.8 Å². The Hall–Kier alpha value is -0.640. The summed E-state index contributed by atoms with van der Waals surface area (Å²) in [6.07, 6.45) is -1.18. The van der Waals surface area contributed by atoms with E-state index in [1.54, 1.807) is 0 Å². The molecular formula is C6H9NaO8S. The van der Waals surface area contributed by atoms with E-state index >= 15 is 0 Å². The van der Waals surface area contributed by atoms with E-state index in [0.717, 1.165) is 6.92 Å². The molecule has 0 aromatic carbocycles. The summed E-state index contributed by atoms with van der Waals surface area (Å²) in [5.74, 6) is -4.75. The molecule has 0 aromatic rings. The van der Waals surface area contributed by atoms with Crippen LogP contribution in [0.3, 0.4) is 0 Å². The fraction of sp³-hybridized carbons (Fsp3) is 0.500. The van der Waals surface area contributed by atoms with Gasteiger partial charge in [-0.15, -0.1) is 0 Å². The first-order chi connectivity index (χ1) is 6.66. The molecule has 10 heteroatoms. The summed E-state index contributed by atoms with van der Waals surface area (Å²) in [7, 11) is -4.75. The van der Waals surface area contributed by atoms with E-state index < -0.39 is 39.7 Å². The second kappa shape index (κ2) is 6.84. The Morgan fingerprint density at radius 2 is 1.69 bits per heavy atom. The molecule has 0 bridgehead atoms. The van der Waals surface area contributed by atoms with Crippen molar-refractivity contribution in [1.82, 2.24) is 0 Å². The molecule has 0 saturated carbocycles. The number of rotatable bonds is 5. The van der Waals surface area contributed by atoms with E-state index in [1.807, 2.05) is 0 Å². The number of hydrogen-bond donors (Lipinski definition) is 2. The Balaban J connectivity index is 0. The van der Waals surface area contributed by atoms with Crippen molar-refractivity contribution in [2.75, 3.05) is 0 Å². The molecule has 0 amide bonds. The van der Waals surface area contributed by atoms with Crippen molar-refractivity contribution in [2.24, 2.45) is 0 Å². The van der Waals surface area contributed by atoms with Crippen LogP contribution in [0.1, 0.15) is 13.3 Å². The molecule has 0 saturated heterocycles. The summed E-state index contributed by atoms with van der Waals surface area (Å²) in [5.41, 5.74) is 0. The predicted molar refractivity (Wildman–Crippen MR) is 51.5 cm³/mol. The van der Waals surface area contributed by atoms with Gasteiger partial charge in [-0.25, -0.2) is 0 Å². The van der Waals surface area contributed by atoms with E-state index in [1.165, 1.54) is 0 Å². The standard InChI is InChI=1S/C6H8O8S.Na.H/c1-3(7)14-15(12,13)4(6(10)11)2-5(8)9;;/h4H,2H2,1H3,(H,8,9)(H,10,11);;. The normalized spacial score (nSPS) is 12.1. The Morgan fingerprint density at radius 3 is 1.94 bits per heavy atom. The van der Waals surface area contributed by atoms with Gasteiger partial charge in [0, 0.05) is 6.92 Å². The van der Waals surface area contributed by atoms with Crippen molar-refractivity contribution in [2.45, 2.75) is 18.6 Å². The van der Waals surface area contributed by atoms with Crippen molar-refractivity contribution < 1.29 is 37.2 Å². The van der Waals surface area contributed by atoms with Gasteiger partial charge in [-0.1, -0.05) is 0 Å². The molecular weight excluding hydrogens is 255 g/mol. The third-order valence-corrected chi connectivity index (χ3v) is 2.75. The second-order valence-corrected chi connectivity index (χ2v) is 4.21. The van der Waals surface area contributed by atoms with Gasteiger partial charge in [0.1, 0.15) is 0 Å². The van der Waals surface area contributed by atoms with Crippen molar-refractivity contribution in [3.63, 3.8) is 0 Å². The van der Waals surface area contributed by atoms with Crippen LogP contribution in [-0.2, 0) is 28.7 Å². The first kappa shape index (κ1) is 17.7. The maximum absolute atomic E-state index is 11.0. The minimum absolute atomic E-state index is 0. The quantitative estimate of drug-likeness (QED) is 0.436. The minimum atomic E-state index is -4.75. The number of aliphatic carboxylic acids is 2. The zero-order valence-electron chi connectivity index (χ0n) is 7.54. The maximum atomic E-state index is 11.0. The predicted octanol–water partition coefficient (Wildman–Crippen LogP) is -1.84. The SMILES string of the molecule is CC(=O)OS(=O)(=O)C(CC(=O)O)C(=O)O.[NaH]. The van der Waals surface area contributed by atoms with Gasteiger partial charge in [0.25, 0.3) is 0 Å². The van der Waals surface area contributed by atoms with Crippen molar-refractivity contribution in [3.8, 4) is 0 Å². The van der Waals surface area contributed by atoms with Crippen LogP contribution in [0, 0.1) is 0 Å². The molecule has 1 atom stereocenters. The molecule has 0 aliphatic rings. The summed E-state index contributed by atoms with van der Waals surface area (Å²) >= 11 is 0. The van der Waals surface area contributed by atoms with Crippen LogP contribution in [0.15, 0.2) is 0 Å². The third kappa shape index (κ3) is 6.05. The molecule has 8 nitrogen and oxygen atoms in total. The first-order valence-corrected chi connectivity index (χ1v) is 5.02. The molecule has 0 rings (SSSR count). The van der Waals surface area contributed by atoms with E-state index in [-0.39, 0.29) is 29.6 Å². The second-order valence-electron chi connectivity index (χ2n) is 2.49. The van der Waals surface area contributed by atoms with Gasteiger partial charge in [-0.05, 0) is 0 Å². The fourth-order valence-corrected chi connectivity index (χ4v) is 1.73. The van der Waals surface area contributed by atoms with Gasteiger partial charge >= 0.3 is 57.6 Å². The number of carboxylic acids is 2. The van der Waals surface area contributed by atoms with E-state index in [2.05, 4.69) is 4.18 Å². The first-order valence-electron chi connectivity index (χ1n) is 3.55. The summed E-state index contributed by atoms with van der Waals surface area (Å²) in [4.78, 5) is 30.9. The number of carboxylic acid groups (broad SMARTS) is 2. The van der Waals surface area contributed by atoms with Crippen LogP contribution in [0.4, 0.5) is 0 Å². The average Bonchev–Trinajstić information content (AvgIpc) is 1.96. The van der Waals surface area contributed by atoms with Crippen LogP contribution < -0.4 is 0 Å². The van der Waals surface area contributed by atoms with Gasteiger partial charge < -0.3 is 14.4 Å². The van der Waals surface area contributed by atoms with Crippen LogP contribution in [0.5, 0.6) is 0 Å². The molecule has 0 aromatic heterocycles. The summed E-state index contributed by atoms with van der Waals surface area (Å²) in [6, 6.07) is 0. The van der Waals surface area contributed by atoms with Crippen molar-refractivity contribution in [3.05, 3.63) is 0 Å². The van der Waals surface area contributed by atoms with Gasteiger partial charge in [-0.3, -0.25) is 14.4 Å². The topological polar surface area (TPSA) is 135 Å². The molecule has 0 radical (unpaired) electrons. The van der Waals surface area contributed by atoms with E-state index in [4.69, 9.17) is 10.2 Å². The number of carbonyl (C=O) groups is 3. The van der Waals surface area contributed by atoms with Gasteiger partial charge in [0.05, 0.1) is 6.42 Å². The molecule has 1 unspecified atom stereocenters. The van der Waals surface area contributed by atoms with Crippen molar-refractivity contribution >= 4 is 57.6 Å². The van der Waals surface area contributed by atoms with Gasteiger partial charge in [0.2, 0.25) is 5.25 Å². The zero-order valence-corrected chi connectivity index (χ0v) is 8.35. The molecule has 88 valence electrons. The molecule has 0 aliphatic heterocycles. The molecule has 0 fully saturated rings. The fourth-order valence-electron chi connectivity index (χ4n) is 0.693. The van der Waals surface area contributed by atoms with Crippen LogP contribution >= 0.6 is 0 Å². The Kier molecular flexibility index (Phi) is 7.58. The van der Waals surface area contributed by atoms with Crippen LogP contribution in [0.2, 0.25) is 0 Å². The van der Waals surface area contributed by atoms with Crippen molar-refractivity contribution in [1.29, 1.82) is 0 Å². The Morgan fingerprint density at radius 1 is 1.25 bits per heavy atom. The Bertz CT molecular complexity index is 385. The Labute approximate surface area is 113 Å². The molecule has 2 N–H and O–H groups in total. The zero-order chi connectivity index (χ0) is 12.2. The molecule has 0 aliphatic carbocycles. The van der Waals surface area contributed by atoms with E-state index in [0.29, 0.717) is 0 Å². The van der Waals surface area contributed by atoms with Gasteiger partial charge in [-0.2, -0.15) is 8.42 Å². The third-order valence-electron chi connectivity index (χ3n) is 1.22. The summed E-state index contributed by atoms with van der Waals surface area (Å²) < 4.78 is 25.8. The summed E-state index contributed by atoms with van der Waals surface area (Å²) in [6.45, 7) is 0.761. The van der Waals surface area contributed by atoms with Crippen LogP contribution in [-0.4, -0.2) is 71.3 Å². The average molecular weight is 264 g/mol. The number of hydrogen-bond acceptors (Lipinski definition) is 6. The molecule has 0 spiro atoms. The molecule has 0 heterocycles. The van der Waals surface area contributed by atoms with Gasteiger partial charge in [0.15, 0.2) is 0 Å². The number of carbonyl (C=O) groups excluding carboxylic acids is 1. The monoisotopic (exact) mass is 264 g/mol. The van der Waals surface area contributed by atoms with Crippen LogP contribution in [0.25, 0.3) is 0 Å².